The summed E-state index contributed by atoms with van der Waals surface area (Å²) in [6.07, 6.45) is 17.9. The second-order valence-corrected chi connectivity index (χ2v) is 9.56. The Kier molecular flexibility index (Phi) is 4.22. The second kappa shape index (κ2) is 5.98. The van der Waals surface area contributed by atoms with Crippen LogP contribution in [0.15, 0.2) is 23.3 Å². The molecule has 2 nitrogen and oxygen atoms in total. The van der Waals surface area contributed by atoms with Gasteiger partial charge in [-0.15, -0.1) is 6.42 Å². The van der Waals surface area contributed by atoms with Crippen LogP contribution in [0.25, 0.3) is 0 Å². The van der Waals surface area contributed by atoms with E-state index in [9.17, 15) is 10.2 Å². The summed E-state index contributed by atoms with van der Waals surface area (Å²) < 4.78 is 0. The standard InChI is InChI=1S/C24H34O2/c1-5-22-15-23(25,6-2)21-18-10-8-16(4)14-17(18)9-11-19(21)20(22)12-13-24(22,26)7-3/h3,9,14,18-21,25-26H,5-6,8,10-13,15H2,1-2,4H3/t18?,19?,20?,21?,22-,23?,24-/m0/s1. The summed E-state index contributed by atoms with van der Waals surface area (Å²) in [5.74, 6) is 4.41. The first-order valence-electron chi connectivity index (χ1n) is 10.6. The van der Waals surface area contributed by atoms with Crippen LogP contribution < -0.4 is 0 Å². The van der Waals surface area contributed by atoms with Crippen LogP contribution in [0.1, 0.15) is 72.1 Å². The molecule has 4 aliphatic rings. The molecule has 0 amide bonds. The fourth-order valence-corrected chi connectivity index (χ4v) is 7.53. The third-order valence-corrected chi connectivity index (χ3v) is 8.80. The summed E-state index contributed by atoms with van der Waals surface area (Å²) in [5.41, 5.74) is 0.797. The number of hydrogen-bond donors (Lipinski definition) is 2. The van der Waals surface area contributed by atoms with Crippen molar-refractivity contribution in [2.45, 2.75) is 83.3 Å². The van der Waals surface area contributed by atoms with Crippen LogP contribution in [-0.2, 0) is 0 Å². The van der Waals surface area contributed by atoms with Gasteiger partial charge in [0.15, 0.2) is 0 Å². The van der Waals surface area contributed by atoms with E-state index in [0.717, 1.165) is 38.5 Å². The summed E-state index contributed by atoms with van der Waals surface area (Å²) in [7, 11) is 0. The fourth-order valence-electron chi connectivity index (χ4n) is 7.53. The van der Waals surface area contributed by atoms with Crippen molar-refractivity contribution in [3.63, 3.8) is 0 Å². The molecule has 0 saturated heterocycles. The molecule has 0 heterocycles. The average molecular weight is 355 g/mol. The van der Waals surface area contributed by atoms with Crippen molar-refractivity contribution in [3.8, 4) is 12.3 Å². The lowest BCUT2D eigenvalue weighted by Crippen LogP contribution is -2.62. The van der Waals surface area contributed by atoms with E-state index in [1.807, 2.05) is 0 Å². The molecule has 2 saturated carbocycles. The van der Waals surface area contributed by atoms with Crippen molar-refractivity contribution >= 4 is 0 Å². The van der Waals surface area contributed by atoms with Crippen LogP contribution in [-0.4, -0.2) is 21.4 Å². The molecule has 0 bridgehead atoms. The molecule has 0 aromatic heterocycles. The molecular formula is C24H34O2. The highest BCUT2D eigenvalue weighted by atomic mass is 16.3. The van der Waals surface area contributed by atoms with Crippen LogP contribution in [0.2, 0.25) is 0 Å². The van der Waals surface area contributed by atoms with Crippen LogP contribution in [0.5, 0.6) is 0 Å². The van der Waals surface area contributed by atoms with Gasteiger partial charge in [0.25, 0.3) is 0 Å². The number of allylic oxidation sites excluding steroid dienone is 4. The van der Waals surface area contributed by atoms with Crippen LogP contribution in [0.3, 0.4) is 0 Å². The molecule has 0 aromatic carbocycles. The Balaban J connectivity index is 1.83. The highest BCUT2D eigenvalue weighted by Gasteiger charge is 2.68. The van der Waals surface area contributed by atoms with Crippen molar-refractivity contribution in [1.29, 1.82) is 0 Å². The number of aliphatic hydroxyl groups is 2. The minimum Gasteiger partial charge on any atom is -0.390 e. The molecule has 142 valence electrons. The molecule has 4 rings (SSSR count). The van der Waals surface area contributed by atoms with Gasteiger partial charge in [0.2, 0.25) is 0 Å². The van der Waals surface area contributed by atoms with Gasteiger partial charge in [0.1, 0.15) is 5.60 Å². The SMILES string of the molecule is C#C[C@]1(O)CCC2C3CC=C4C=C(C)CCC4C3C(O)(CC)C[C@@]21CC. The smallest absolute Gasteiger partial charge is 0.131 e. The van der Waals surface area contributed by atoms with Crippen molar-refractivity contribution < 1.29 is 10.2 Å². The minimum atomic E-state index is -1.06. The summed E-state index contributed by atoms with van der Waals surface area (Å²) >= 11 is 0. The van der Waals surface area contributed by atoms with Crippen molar-refractivity contribution in [3.05, 3.63) is 23.3 Å². The van der Waals surface area contributed by atoms with Crippen molar-refractivity contribution in [1.82, 2.24) is 0 Å². The van der Waals surface area contributed by atoms with Crippen molar-refractivity contribution in [2.75, 3.05) is 0 Å². The normalized spacial score (nSPS) is 50.0. The van der Waals surface area contributed by atoms with Gasteiger partial charge in [0.05, 0.1) is 5.60 Å². The second-order valence-electron chi connectivity index (χ2n) is 9.56. The number of terminal acetylenes is 1. The third kappa shape index (κ3) is 2.20. The summed E-state index contributed by atoms with van der Waals surface area (Å²) in [4.78, 5) is 0. The lowest BCUT2D eigenvalue weighted by atomic mass is 9.45. The monoisotopic (exact) mass is 354 g/mol. The van der Waals surface area contributed by atoms with Crippen molar-refractivity contribution in [2.24, 2.45) is 29.1 Å². The van der Waals surface area contributed by atoms with Gasteiger partial charge < -0.3 is 10.2 Å². The van der Waals surface area contributed by atoms with Gasteiger partial charge in [-0.05, 0) is 87.5 Å². The van der Waals surface area contributed by atoms with E-state index in [4.69, 9.17) is 6.42 Å². The topological polar surface area (TPSA) is 40.5 Å². The van der Waals surface area contributed by atoms with Gasteiger partial charge in [-0.25, -0.2) is 0 Å². The van der Waals surface area contributed by atoms with E-state index < -0.39 is 11.2 Å². The molecule has 2 N–H and O–H groups in total. The third-order valence-electron chi connectivity index (χ3n) is 8.80. The lowest BCUT2D eigenvalue weighted by molar-refractivity contribution is -0.195. The Morgan fingerprint density at radius 1 is 1.23 bits per heavy atom. The van der Waals surface area contributed by atoms with Gasteiger partial charge in [-0.1, -0.05) is 37.5 Å². The predicted octanol–water partition coefficient (Wildman–Crippen LogP) is 4.62. The molecule has 26 heavy (non-hydrogen) atoms. The number of fused-ring (bicyclic) bond motifs is 5. The van der Waals surface area contributed by atoms with Gasteiger partial charge >= 0.3 is 0 Å². The maximum Gasteiger partial charge on any atom is 0.131 e. The molecule has 0 aliphatic heterocycles. The maximum atomic E-state index is 11.9. The quantitative estimate of drug-likeness (QED) is 0.710. The Hall–Kier alpha value is -1.04. The highest BCUT2D eigenvalue weighted by Crippen LogP contribution is 2.68. The summed E-state index contributed by atoms with van der Waals surface area (Å²) in [6, 6.07) is 0. The van der Waals surface area contributed by atoms with Gasteiger partial charge in [-0.3, -0.25) is 0 Å². The zero-order valence-electron chi connectivity index (χ0n) is 16.6. The fraction of sp³-hybridized carbons (Fsp3) is 0.750. The lowest BCUT2D eigenvalue weighted by Gasteiger charge is -2.61. The van der Waals surface area contributed by atoms with E-state index in [0.29, 0.717) is 36.5 Å². The predicted molar refractivity (Wildman–Crippen MR) is 105 cm³/mol. The largest absolute Gasteiger partial charge is 0.390 e. The maximum absolute atomic E-state index is 11.9. The zero-order chi connectivity index (χ0) is 18.7. The van der Waals surface area contributed by atoms with E-state index >= 15 is 0 Å². The van der Waals surface area contributed by atoms with E-state index in [2.05, 4.69) is 38.8 Å². The van der Waals surface area contributed by atoms with Crippen LogP contribution in [0, 0.1) is 41.4 Å². The first kappa shape index (κ1) is 18.3. The zero-order valence-corrected chi connectivity index (χ0v) is 16.6. The molecule has 0 spiro atoms. The first-order valence-corrected chi connectivity index (χ1v) is 10.6. The Morgan fingerprint density at radius 3 is 2.65 bits per heavy atom. The first-order chi connectivity index (χ1) is 12.3. The Labute approximate surface area is 158 Å². The van der Waals surface area contributed by atoms with E-state index in [1.165, 1.54) is 11.1 Å². The number of rotatable bonds is 2. The molecule has 7 atom stereocenters. The van der Waals surface area contributed by atoms with Gasteiger partial charge in [0, 0.05) is 5.41 Å². The molecule has 0 aromatic rings. The van der Waals surface area contributed by atoms with E-state index in [-0.39, 0.29) is 5.41 Å². The Bertz CT molecular complexity index is 697. The molecular weight excluding hydrogens is 320 g/mol. The average Bonchev–Trinajstić information content (AvgIpc) is 2.94. The highest BCUT2D eigenvalue weighted by molar-refractivity contribution is 5.35. The minimum absolute atomic E-state index is 0.307. The summed E-state index contributed by atoms with van der Waals surface area (Å²) in [5, 5.41) is 23.3. The number of hydrogen-bond acceptors (Lipinski definition) is 2. The Morgan fingerprint density at radius 2 is 2.00 bits per heavy atom. The molecule has 2 fully saturated rings. The summed E-state index contributed by atoms with van der Waals surface area (Å²) in [6.45, 7) is 6.50. The molecule has 2 heteroatoms. The van der Waals surface area contributed by atoms with Gasteiger partial charge in [-0.2, -0.15) is 0 Å². The van der Waals surface area contributed by atoms with Crippen LogP contribution in [0.4, 0.5) is 0 Å². The molecule has 0 radical (unpaired) electrons. The van der Waals surface area contributed by atoms with E-state index in [1.54, 1.807) is 0 Å². The van der Waals surface area contributed by atoms with Crippen LogP contribution >= 0.6 is 0 Å². The molecule has 5 unspecified atom stereocenters. The molecule has 4 aliphatic carbocycles.